The Morgan fingerprint density at radius 1 is 1.47 bits per heavy atom. The Bertz CT molecular complexity index is 528. The lowest BCUT2D eigenvalue weighted by molar-refractivity contribution is -0.115. The zero-order chi connectivity index (χ0) is 13.1. The molecule has 0 aliphatic heterocycles. The number of hydrogen-bond donors (Lipinski definition) is 2. The number of amides is 1. The Hall–Kier alpha value is -1.11. The van der Waals surface area contributed by atoms with Gasteiger partial charge >= 0.3 is 0 Å². The number of nitrogens with one attached hydrogen (secondary N) is 1. The summed E-state index contributed by atoms with van der Waals surface area (Å²) >= 11 is 5.43. The van der Waals surface area contributed by atoms with Crippen LogP contribution in [0.4, 0.5) is 5.69 Å². The molecule has 7 heteroatoms. The Morgan fingerprint density at radius 3 is 2.65 bits per heavy atom. The molecular weight excluding hydrogens is 264 g/mol. The van der Waals surface area contributed by atoms with Crippen LogP contribution in [-0.4, -0.2) is 20.2 Å². The smallest absolute Gasteiger partial charge is 0.238 e. The Kier molecular flexibility index (Phi) is 4.50. The van der Waals surface area contributed by atoms with Crippen LogP contribution in [0.3, 0.4) is 0 Å². The van der Waals surface area contributed by atoms with E-state index in [9.17, 15) is 13.2 Å². The van der Waals surface area contributed by atoms with Crippen LogP contribution >= 0.6 is 11.6 Å². The average Bonchev–Trinajstić information content (AvgIpc) is 2.19. The lowest BCUT2D eigenvalue weighted by atomic mass is 10.2. The maximum absolute atomic E-state index is 11.3. The molecule has 0 fully saturated rings. The molecule has 0 heterocycles. The summed E-state index contributed by atoms with van der Waals surface area (Å²) in [5.41, 5.74) is 0.838. The first-order chi connectivity index (χ1) is 7.86. The maximum Gasteiger partial charge on any atom is 0.238 e. The zero-order valence-corrected chi connectivity index (χ0v) is 10.8. The number of hydrogen-bond acceptors (Lipinski definition) is 3. The van der Waals surface area contributed by atoms with Crippen molar-refractivity contribution in [3.05, 3.63) is 23.8 Å². The molecule has 0 radical (unpaired) electrons. The van der Waals surface area contributed by atoms with Crippen LogP contribution in [0, 0.1) is 6.92 Å². The molecule has 5 nitrogen and oxygen atoms in total. The minimum absolute atomic E-state index is 0.00109. The van der Waals surface area contributed by atoms with Gasteiger partial charge in [-0.1, -0.05) is 6.07 Å². The van der Waals surface area contributed by atoms with Crippen LogP contribution in [-0.2, 0) is 14.8 Å². The molecule has 17 heavy (non-hydrogen) atoms. The van der Waals surface area contributed by atoms with Crippen molar-refractivity contribution in [1.82, 2.24) is 0 Å². The molecule has 0 saturated carbocycles. The molecule has 0 bridgehead atoms. The molecule has 0 saturated heterocycles. The molecular formula is C10H13ClN2O3S. The van der Waals surface area contributed by atoms with Gasteiger partial charge in [0.2, 0.25) is 15.9 Å². The molecule has 1 aromatic rings. The first-order valence-corrected chi connectivity index (χ1v) is 6.92. The van der Waals surface area contributed by atoms with Gasteiger partial charge in [-0.05, 0) is 24.6 Å². The van der Waals surface area contributed by atoms with Gasteiger partial charge in [0.15, 0.2) is 0 Å². The van der Waals surface area contributed by atoms with E-state index in [0.29, 0.717) is 11.3 Å². The monoisotopic (exact) mass is 276 g/mol. The number of halogens is 1. The van der Waals surface area contributed by atoms with Crippen molar-refractivity contribution in [2.45, 2.75) is 18.2 Å². The molecule has 0 atom stereocenters. The van der Waals surface area contributed by atoms with E-state index in [2.05, 4.69) is 5.32 Å². The third kappa shape index (κ3) is 3.69. The number of nitrogens with two attached hydrogens (primary N) is 1. The SMILES string of the molecule is Cc1c(NC(=O)CCCl)cccc1S(N)(=O)=O. The average molecular weight is 277 g/mol. The lowest BCUT2D eigenvalue weighted by Gasteiger charge is -2.10. The van der Waals surface area contributed by atoms with E-state index in [-0.39, 0.29) is 23.1 Å². The van der Waals surface area contributed by atoms with Gasteiger partial charge in [0.25, 0.3) is 0 Å². The first kappa shape index (κ1) is 14.0. The van der Waals surface area contributed by atoms with Crippen LogP contribution in [0.15, 0.2) is 23.1 Å². The van der Waals surface area contributed by atoms with Gasteiger partial charge in [-0.25, -0.2) is 13.6 Å². The molecule has 0 aromatic heterocycles. The molecule has 0 aliphatic carbocycles. The number of rotatable bonds is 4. The number of anilines is 1. The number of benzene rings is 1. The molecule has 1 aromatic carbocycles. The third-order valence-electron chi connectivity index (χ3n) is 2.19. The summed E-state index contributed by atoms with van der Waals surface area (Å²) in [6.07, 6.45) is 0.167. The van der Waals surface area contributed by atoms with Crippen molar-refractivity contribution in [2.75, 3.05) is 11.2 Å². The lowest BCUT2D eigenvalue weighted by Crippen LogP contribution is -2.17. The van der Waals surface area contributed by atoms with Crippen molar-refractivity contribution in [1.29, 1.82) is 0 Å². The predicted octanol–water partition coefficient (Wildman–Crippen LogP) is 1.21. The topological polar surface area (TPSA) is 89.3 Å². The third-order valence-corrected chi connectivity index (χ3v) is 3.43. The highest BCUT2D eigenvalue weighted by atomic mass is 35.5. The standard InChI is InChI=1S/C10H13ClN2O3S/c1-7-8(13-10(14)5-6-11)3-2-4-9(7)17(12,15)16/h2-4H,5-6H2,1H3,(H,13,14)(H2,12,15,16). The summed E-state index contributed by atoms with van der Waals surface area (Å²) in [5.74, 6) is -0.0607. The summed E-state index contributed by atoms with van der Waals surface area (Å²) in [4.78, 5) is 11.4. The fourth-order valence-electron chi connectivity index (χ4n) is 1.36. The second kappa shape index (κ2) is 5.48. The summed E-state index contributed by atoms with van der Waals surface area (Å²) in [6.45, 7) is 1.58. The van der Waals surface area contributed by atoms with Crippen molar-refractivity contribution in [2.24, 2.45) is 5.14 Å². The highest BCUT2D eigenvalue weighted by molar-refractivity contribution is 7.89. The van der Waals surface area contributed by atoms with Crippen molar-refractivity contribution in [3.63, 3.8) is 0 Å². The van der Waals surface area contributed by atoms with Gasteiger partial charge < -0.3 is 5.32 Å². The number of carbonyl (C=O) groups is 1. The predicted molar refractivity (Wildman–Crippen MR) is 66.5 cm³/mol. The van der Waals surface area contributed by atoms with E-state index in [1.54, 1.807) is 13.0 Å². The number of sulfonamides is 1. The molecule has 1 rings (SSSR count). The number of carbonyl (C=O) groups excluding carboxylic acids is 1. The molecule has 0 unspecified atom stereocenters. The molecule has 94 valence electrons. The van der Waals surface area contributed by atoms with Gasteiger partial charge in [0.1, 0.15) is 0 Å². The normalized spacial score (nSPS) is 11.2. The minimum Gasteiger partial charge on any atom is -0.326 e. The van der Waals surface area contributed by atoms with E-state index < -0.39 is 10.0 Å². The van der Waals surface area contributed by atoms with Gasteiger partial charge in [0.05, 0.1) is 4.90 Å². The van der Waals surface area contributed by atoms with Gasteiger partial charge in [-0.3, -0.25) is 4.79 Å². The second-order valence-corrected chi connectivity index (χ2v) is 5.37. The molecule has 3 N–H and O–H groups in total. The first-order valence-electron chi connectivity index (χ1n) is 4.84. The van der Waals surface area contributed by atoms with Crippen LogP contribution in [0.25, 0.3) is 0 Å². The zero-order valence-electron chi connectivity index (χ0n) is 9.23. The van der Waals surface area contributed by atoms with Crippen LogP contribution in [0.1, 0.15) is 12.0 Å². The number of primary sulfonamides is 1. The van der Waals surface area contributed by atoms with Crippen molar-refractivity contribution >= 4 is 33.2 Å². The van der Waals surface area contributed by atoms with E-state index in [0.717, 1.165) is 0 Å². The van der Waals surface area contributed by atoms with Crippen molar-refractivity contribution in [3.8, 4) is 0 Å². The van der Waals surface area contributed by atoms with Crippen LogP contribution < -0.4 is 10.5 Å². The van der Waals surface area contributed by atoms with Gasteiger partial charge in [-0.2, -0.15) is 0 Å². The Balaban J connectivity index is 3.08. The highest BCUT2D eigenvalue weighted by Gasteiger charge is 2.14. The largest absolute Gasteiger partial charge is 0.326 e. The highest BCUT2D eigenvalue weighted by Crippen LogP contribution is 2.22. The van der Waals surface area contributed by atoms with Crippen molar-refractivity contribution < 1.29 is 13.2 Å². The van der Waals surface area contributed by atoms with Crippen LogP contribution in [0.5, 0.6) is 0 Å². The van der Waals surface area contributed by atoms with E-state index in [1.165, 1.54) is 12.1 Å². The Morgan fingerprint density at radius 2 is 2.12 bits per heavy atom. The summed E-state index contributed by atoms with van der Waals surface area (Å²) in [6, 6.07) is 4.51. The fraction of sp³-hybridized carbons (Fsp3) is 0.300. The van der Waals surface area contributed by atoms with E-state index in [4.69, 9.17) is 16.7 Å². The molecule has 0 aliphatic rings. The summed E-state index contributed by atoms with van der Waals surface area (Å²) in [7, 11) is -3.78. The van der Waals surface area contributed by atoms with E-state index >= 15 is 0 Å². The maximum atomic E-state index is 11.3. The fourth-order valence-corrected chi connectivity index (χ4v) is 2.33. The van der Waals surface area contributed by atoms with E-state index in [1.807, 2.05) is 0 Å². The molecule has 1 amide bonds. The van der Waals surface area contributed by atoms with Gasteiger partial charge in [-0.15, -0.1) is 11.6 Å². The number of alkyl halides is 1. The van der Waals surface area contributed by atoms with Gasteiger partial charge in [0, 0.05) is 18.0 Å². The van der Waals surface area contributed by atoms with Crippen LogP contribution in [0.2, 0.25) is 0 Å². The molecule has 0 spiro atoms. The Labute approximate surface area is 105 Å². The summed E-state index contributed by atoms with van der Waals surface area (Å²) < 4.78 is 22.5. The second-order valence-electron chi connectivity index (χ2n) is 3.46. The quantitative estimate of drug-likeness (QED) is 0.810. The summed E-state index contributed by atoms with van der Waals surface area (Å²) in [5, 5.41) is 7.63. The minimum atomic E-state index is -3.78.